The Bertz CT molecular complexity index is 1180. The van der Waals surface area contributed by atoms with E-state index in [1.807, 2.05) is 67.6 Å². The van der Waals surface area contributed by atoms with Crippen LogP contribution in [-0.4, -0.2) is 9.97 Å². The molecule has 6 heteroatoms. The van der Waals surface area contributed by atoms with E-state index in [0.29, 0.717) is 40.4 Å². The van der Waals surface area contributed by atoms with Gasteiger partial charge in [0.25, 0.3) is 0 Å². The molecule has 0 saturated heterocycles. The van der Waals surface area contributed by atoms with E-state index < -0.39 is 0 Å². The van der Waals surface area contributed by atoms with Crippen LogP contribution < -0.4 is 5.32 Å². The molecule has 0 aliphatic rings. The molecule has 142 valence electrons. The predicted molar refractivity (Wildman–Crippen MR) is 114 cm³/mol. The third-order valence-electron chi connectivity index (χ3n) is 4.42. The molecule has 0 radical (unpaired) electrons. The van der Waals surface area contributed by atoms with Crippen LogP contribution in [0.5, 0.6) is 0 Å². The monoisotopic (exact) mass is 400 g/mol. The summed E-state index contributed by atoms with van der Waals surface area (Å²) in [7, 11) is 0. The Morgan fingerprint density at radius 3 is 2.28 bits per heavy atom. The lowest BCUT2D eigenvalue weighted by Gasteiger charge is -2.05. The fourth-order valence-corrected chi connectivity index (χ4v) is 3.30. The quantitative estimate of drug-likeness (QED) is 0.401. The molecule has 5 nitrogen and oxygen atoms in total. The zero-order valence-electron chi connectivity index (χ0n) is 15.7. The number of rotatable bonds is 5. The molecule has 0 saturated carbocycles. The highest BCUT2D eigenvalue weighted by molar-refractivity contribution is 6.29. The maximum Gasteiger partial charge on any atom is 0.217 e. The molecule has 0 aliphatic heterocycles. The maximum absolute atomic E-state index is 9.95. The number of nitrogens with one attached hydrogen (secondary N) is 1. The fourth-order valence-electron chi connectivity index (χ4n) is 3.10. The summed E-state index contributed by atoms with van der Waals surface area (Å²) >= 11 is 6.11. The number of furan rings is 1. The molecule has 0 aliphatic carbocycles. The average Bonchev–Trinajstić information content (AvgIpc) is 3.12. The van der Waals surface area contributed by atoms with Crippen LogP contribution in [0.15, 0.2) is 71.1 Å². The second-order valence-corrected chi connectivity index (χ2v) is 6.71. The highest BCUT2D eigenvalue weighted by Crippen LogP contribution is 2.42. The summed E-state index contributed by atoms with van der Waals surface area (Å²) in [6.07, 6.45) is 0.642. The van der Waals surface area contributed by atoms with E-state index in [4.69, 9.17) is 16.0 Å². The van der Waals surface area contributed by atoms with Gasteiger partial charge in [0.2, 0.25) is 5.88 Å². The van der Waals surface area contributed by atoms with Crippen LogP contribution in [0.1, 0.15) is 18.3 Å². The number of anilines is 2. The van der Waals surface area contributed by atoms with Gasteiger partial charge in [0.05, 0.1) is 0 Å². The van der Waals surface area contributed by atoms with Gasteiger partial charge in [0.15, 0.2) is 0 Å². The van der Waals surface area contributed by atoms with Gasteiger partial charge >= 0.3 is 0 Å². The third-order valence-corrected chi connectivity index (χ3v) is 4.61. The minimum absolute atomic E-state index is 0.321. The van der Waals surface area contributed by atoms with Crippen LogP contribution in [0, 0.1) is 11.3 Å². The SMILES string of the molecule is CCc1nc(Cl)cc(Nc2oc(-c3ccccc3)c(-c3ccccc3)c2C#N)n1. The number of aryl methyl sites for hydroxylation is 1. The Hall–Kier alpha value is -3.62. The summed E-state index contributed by atoms with van der Waals surface area (Å²) in [4.78, 5) is 8.60. The Labute approximate surface area is 173 Å². The lowest BCUT2D eigenvalue weighted by atomic mass is 9.98. The van der Waals surface area contributed by atoms with E-state index in [0.717, 1.165) is 16.7 Å². The Morgan fingerprint density at radius 2 is 1.66 bits per heavy atom. The van der Waals surface area contributed by atoms with Crippen molar-refractivity contribution in [1.82, 2.24) is 9.97 Å². The van der Waals surface area contributed by atoms with Crippen molar-refractivity contribution in [1.29, 1.82) is 5.26 Å². The largest absolute Gasteiger partial charge is 0.438 e. The maximum atomic E-state index is 9.95. The van der Waals surface area contributed by atoms with E-state index in [1.54, 1.807) is 6.07 Å². The van der Waals surface area contributed by atoms with Crippen molar-refractivity contribution in [3.8, 4) is 28.5 Å². The molecular formula is C23H17ClN4O. The highest BCUT2D eigenvalue weighted by atomic mass is 35.5. The second kappa shape index (κ2) is 8.17. The number of aromatic nitrogens is 2. The Morgan fingerprint density at radius 1 is 1.00 bits per heavy atom. The van der Waals surface area contributed by atoms with E-state index >= 15 is 0 Å². The molecule has 2 aromatic heterocycles. The molecule has 4 rings (SSSR count). The van der Waals surface area contributed by atoms with Gasteiger partial charge in [-0.05, 0) is 5.56 Å². The number of hydrogen-bond acceptors (Lipinski definition) is 5. The van der Waals surface area contributed by atoms with Gasteiger partial charge in [-0.15, -0.1) is 0 Å². The van der Waals surface area contributed by atoms with Crippen molar-refractivity contribution in [3.05, 3.63) is 83.3 Å². The number of nitriles is 1. The van der Waals surface area contributed by atoms with Crippen LogP contribution in [0.2, 0.25) is 5.15 Å². The molecule has 0 amide bonds. The first kappa shape index (κ1) is 18.7. The van der Waals surface area contributed by atoms with Crippen LogP contribution in [0.25, 0.3) is 22.5 Å². The van der Waals surface area contributed by atoms with Gasteiger partial charge in [-0.3, -0.25) is 0 Å². The van der Waals surface area contributed by atoms with Crippen LogP contribution in [0.3, 0.4) is 0 Å². The molecule has 0 fully saturated rings. The molecule has 29 heavy (non-hydrogen) atoms. The lowest BCUT2D eigenvalue weighted by molar-refractivity contribution is 0.599. The van der Waals surface area contributed by atoms with Crippen molar-refractivity contribution in [2.75, 3.05) is 5.32 Å². The van der Waals surface area contributed by atoms with Crippen LogP contribution in [-0.2, 0) is 6.42 Å². The van der Waals surface area contributed by atoms with Gasteiger partial charge in [-0.25, -0.2) is 9.97 Å². The van der Waals surface area contributed by atoms with Crippen molar-refractivity contribution in [2.45, 2.75) is 13.3 Å². The standard InChI is InChI=1S/C23H17ClN4O/c1-2-19-26-18(24)13-20(27-19)28-23-17(14-25)21(15-9-5-3-6-10-15)22(29-23)16-11-7-4-8-12-16/h3-13H,2H2,1H3,(H,26,27,28). The van der Waals surface area contributed by atoms with Gasteiger partial charge in [0, 0.05) is 23.6 Å². The molecule has 2 aromatic carbocycles. The Kier molecular flexibility index (Phi) is 5.28. The number of nitrogens with zero attached hydrogens (tertiary/aromatic N) is 3. The normalized spacial score (nSPS) is 10.5. The highest BCUT2D eigenvalue weighted by Gasteiger charge is 2.23. The van der Waals surface area contributed by atoms with E-state index in [9.17, 15) is 5.26 Å². The average molecular weight is 401 g/mol. The van der Waals surface area contributed by atoms with Crippen LogP contribution in [0.4, 0.5) is 11.7 Å². The first-order valence-corrected chi connectivity index (χ1v) is 9.55. The summed E-state index contributed by atoms with van der Waals surface area (Å²) in [6.45, 7) is 1.95. The van der Waals surface area contributed by atoms with Gasteiger partial charge in [0.1, 0.15) is 34.2 Å². The topological polar surface area (TPSA) is 74.7 Å². The summed E-state index contributed by atoms with van der Waals surface area (Å²) in [5, 5.41) is 13.4. The van der Waals surface area contributed by atoms with E-state index in [2.05, 4.69) is 21.4 Å². The minimum Gasteiger partial charge on any atom is -0.438 e. The first-order chi connectivity index (χ1) is 14.2. The smallest absolute Gasteiger partial charge is 0.217 e. The number of halogens is 1. The summed E-state index contributed by atoms with van der Waals surface area (Å²) in [5.74, 6) is 2.02. The summed E-state index contributed by atoms with van der Waals surface area (Å²) in [6, 6.07) is 23.3. The summed E-state index contributed by atoms with van der Waals surface area (Å²) in [5.41, 5.74) is 2.92. The molecule has 1 N–H and O–H groups in total. The molecule has 2 heterocycles. The van der Waals surface area contributed by atoms with Gasteiger partial charge in [-0.2, -0.15) is 5.26 Å². The predicted octanol–water partition coefficient (Wildman–Crippen LogP) is 6.23. The van der Waals surface area contributed by atoms with Crippen LogP contribution >= 0.6 is 11.6 Å². The number of benzene rings is 2. The second-order valence-electron chi connectivity index (χ2n) is 6.32. The first-order valence-electron chi connectivity index (χ1n) is 9.17. The van der Waals surface area contributed by atoms with Crippen molar-refractivity contribution in [2.24, 2.45) is 0 Å². The van der Waals surface area contributed by atoms with Crippen molar-refractivity contribution in [3.63, 3.8) is 0 Å². The molecule has 0 atom stereocenters. The number of hydrogen-bond donors (Lipinski definition) is 1. The lowest BCUT2D eigenvalue weighted by Crippen LogP contribution is -2.00. The molecule has 4 aromatic rings. The zero-order valence-corrected chi connectivity index (χ0v) is 16.4. The molecule has 0 bridgehead atoms. The van der Waals surface area contributed by atoms with Gasteiger partial charge < -0.3 is 9.73 Å². The zero-order chi connectivity index (χ0) is 20.2. The van der Waals surface area contributed by atoms with Crippen molar-refractivity contribution < 1.29 is 4.42 Å². The molecule has 0 spiro atoms. The van der Waals surface area contributed by atoms with E-state index in [-0.39, 0.29) is 0 Å². The molecule has 0 unspecified atom stereocenters. The van der Waals surface area contributed by atoms with Gasteiger partial charge in [-0.1, -0.05) is 79.2 Å². The van der Waals surface area contributed by atoms with E-state index in [1.165, 1.54) is 0 Å². The minimum atomic E-state index is 0.321. The fraction of sp³-hybridized carbons (Fsp3) is 0.0870. The molecular weight excluding hydrogens is 384 g/mol. The Balaban J connectivity index is 1.89. The third kappa shape index (κ3) is 3.84. The van der Waals surface area contributed by atoms with Crippen molar-refractivity contribution >= 4 is 23.3 Å². The summed E-state index contributed by atoms with van der Waals surface area (Å²) < 4.78 is 6.16.